The number of anilines is 1. The second kappa shape index (κ2) is 10.3. The van der Waals surface area contributed by atoms with Gasteiger partial charge in [0.2, 0.25) is 0 Å². The van der Waals surface area contributed by atoms with Crippen LogP contribution in [0.15, 0.2) is 59.5 Å². The van der Waals surface area contributed by atoms with Crippen LogP contribution in [0, 0.1) is 27.7 Å². The summed E-state index contributed by atoms with van der Waals surface area (Å²) in [5.74, 6) is 0.348. The third-order valence-corrected chi connectivity index (χ3v) is 6.95. The average Bonchev–Trinajstić information content (AvgIpc) is 2.75. The monoisotopic (exact) mass is 486 g/mol. The third kappa shape index (κ3) is 6.27. The first-order valence-electron chi connectivity index (χ1n) is 10.4. The summed E-state index contributed by atoms with van der Waals surface area (Å²) < 4.78 is 34.2. The van der Waals surface area contributed by atoms with Crippen molar-refractivity contribution in [3.8, 4) is 5.75 Å². The molecule has 8 heteroatoms. The fourth-order valence-electron chi connectivity index (χ4n) is 3.27. The van der Waals surface area contributed by atoms with Crippen molar-refractivity contribution in [2.75, 3.05) is 17.9 Å². The Balaban J connectivity index is 1.68. The van der Waals surface area contributed by atoms with Crippen molar-refractivity contribution in [1.82, 2.24) is 5.32 Å². The van der Waals surface area contributed by atoms with Crippen molar-refractivity contribution < 1.29 is 17.9 Å². The molecule has 3 aromatic rings. The maximum absolute atomic E-state index is 13.0. The molecule has 0 bridgehead atoms. The molecule has 0 atom stereocenters. The summed E-state index contributed by atoms with van der Waals surface area (Å²) in [5, 5.41) is 2.77. The Morgan fingerprint density at radius 3 is 2.33 bits per heavy atom. The quantitative estimate of drug-likeness (QED) is 0.429. The molecule has 1 amide bonds. The first-order chi connectivity index (χ1) is 15.6. The smallest absolute Gasteiger partial charge is 0.263 e. The van der Waals surface area contributed by atoms with Gasteiger partial charge in [0.1, 0.15) is 17.3 Å². The van der Waals surface area contributed by atoms with E-state index in [1.165, 1.54) is 18.2 Å². The van der Waals surface area contributed by atoms with Crippen LogP contribution in [0.25, 0.3) is 0 Å². The summed E-state index contributed by atoms with van der Waals surface area (Å²) >= 11 is 6.17. The van der Waals surface area contributed by atoms with Gasteiger partial charge in [-0.2, -0.15) is 0 Å². The Morgan fingerprint density at radius 1 is 0.909 bits per heavy atom. The van der Waals surface area contributed by atoms with Crippen LogP contribution in [0.4, 0.5) is 5.69 Å². The third-order valence-electron chi connectivity index (χ3n) is 5.10. The zero-order chi connectivity index (χ0) is 24.2. The fourth-order valence-corrected chi connectivity index (χ4v) is 4.93. The lowest BCUT2D eigenvalue weighted by atomic mass is 10.1. The molecule has 0 heterocycles. The number of hydrogen-bond acceptors (Lipinski definition) is 4. The van der Waals surface area contributed by atoms with E-state index in [0.717, 1.165) is 28.0 Å². The molecular formula is C25H27ClN2O4S. The molecule has 0 fully saturated rings. The van der Waals surface area contributed by atoms with Gasteiger partial charge in [0.05, 0.1) is 17.3 Å². The topological polar surface area (TPSA) is 84.5 Å². The van der Waals surface area contributed by atoms with E-state index in [9.17, 15) is 13.2 Å². The average molecular weight is 487 g/mol. The van der Waals surface area contributed by atoms with Gasteiger partial charge >= 0.3 is 0 Å². The summed E-state index contributed by atoms with van der Waals surface area (Å²) in [6.07, 6.45) is 0. The zero-order valence-electron chi connectivity index (χ0n) is 19.0. The highest BCUT2D eigenvalue weighted by molar-refractivity contribution is 7.92. The summed E-state index contributed by atoms with van der Waals surface area (Å²) in [6, 6.07) is 15.5. The van der Waals surface area contributed by atoms with Gasteiger partial charge in [0, 0.05) is 5.56 Å². The first-order valence-corrected chi connectivity index (χ1v) is 12.3. The molecule has 33 heavy (non-hydrogen) atoms. The van der Waals surface area contributed by atoms with Gasteiger partial charge in [-0.15, -0.1) is 0 Å². The fraction of sp³-hybridized carbons (Fsp3) is 0.240. The van der Waals surface area contributed by atoms with Crippen LogP contribution in [-0.2, 0) is 10.0 Å². The lowest BCUT2D eigenvalue weighted by molar-refractivity contribution is 0.0946. The summed E-state index contributed by atoms with van der Waals surface area (Å²) in [6.45, 7) is 8.22. The predicted octanol–water partition coefficient (Wildman–Crippen LogP) is 5.18. The van der Waals surface area contributed by atoms with Gasteiger partial charge in [-0.05, 0) is 74.7 Å². The summed E-state index contributed by atoms with van der Waals surface area (Å²) in [5.41, 5.74) is 4.54. The number of carbonyl (C=O) groups is 1. The number of aryl methyl sites for hydroxylation is 4. The molecule has 3 rings (SSSR count). The van der Waals surface area contributed by atoms with Crippen LogP contribution in [0.1, 0.15) is 32.6 Å². The number of carbonyl (C=O) groups excluding carboxylic acids is 1. The zero-order valence-corrected chi connectivity index (χ0v) is 20.6. The van der Waals surface area contributed by atoms with Gasteiger partial charge in [0.25, 0.3) is 15.9 Å². The molecule has 0 saturated carbocycles. The molecule has 0 aliphatic heterocycles. The number of sulfonamides is 1. The van der Waals surface area contributed by atoms with E-state index in [4.69, 9.17) is 16.3 Å². The maximum atomic E-state index is 13.0. The molecule has 174 valence electrons. The number of ether oxygens (including phenoxy) is 1. The van der Waals surface area contributed by atoms with E-state index in [0.29, 0.717) is 5.69 Å². The summed E-state index contributed by atoms with van der Waals surface area (Å²) in [7, 11) is -3.99. The van der Waals surface area contributed by atoms with Crippen molar-refractivity contribution in [1.29, 1.82) is 0 Å². The molecule has 6 nitrogen and oxygen atoms in total. The van der Waals surface area contributed by atoms with E-state index in [-0.39, 0.29) is 28.6 Å². The predicted molar refractivity (Wildman–Crippen MR) is 132 cm³/mol. The van der Waals surface area contributed by atoms with Crippen LogP contribution in [-0.4, -0.2) is 27.5 Å². The minimum atomic E-state index is -3.99. The number of nitrogens with one attached hydrogen (secondary N) is 2. The normalized spacial score (nSPS) is 11.2. The van der Waals surface area contributed by atoms with Gasteiger partial charge in [-0.3, -0.25) is 9.52 Å². The van der Waals surface area contributed by atoms with Crippen LogP contribution < -0.4 is 14.8 Å². The lowest BCUT2D eigenvalue weighted by Crippen LogP contribution is -2.28. The number of halogens is 1. The lowest BCUT2D eigenvalue weighted by Gasteiger charge is -2.14. The van der Waals surface area contributed by atoms with Crippen molar-refractivity contribution in [3.63, 3.8) is 0 Å². The second-order valence-electron chi connectivity index (χ2n) is 7.94. The molecule has 0 aliphatic rings. The van der Waals surface area contributed by atoms with Gasteiger partial charge in [0.15, 0.2) is 0 Å². The van der Waals surface area contributed by atoms with E-state index in [1.807, 2.05) is 58.0 Å². The van der Waals surface area contributed by atoms with E-state index >= 15 is 0 Å². The Labute approximate surface area is 200 Å². The molecular weight excluding hydrogens is 460 g/mol. The van der Waals surface area contributed by atoms with Gasteiger partial charge < -0.3 is 10.1 Å². The number of amides is 1. The maximum Gasteiger partial charge on any atom is 0.263 e. The number of rotatable bonds is 8. The summed E-state index contributed by atoms with van der Waals surface area (Å²) in [4.78, 5) is 12.4. The van der Waals surface area contributed by atoms with Crippen LogP contribution in [0.3, 0.4) is 0 Å². The Kier molecular flexibility index (Phi) is 7.66. The molecule has 0 radical (unpaired) electrons. The standard InChI is InChI=1S/C25H27ClN2O4S/c1-16-6-10-22(19(4)13-16)28-33(30,31)24-15-20(8-9-21(24)26)25(29)27-11-12-32-23-14-17(2)5-7-18(23)3/h5-10,13-15,28H,11-12H2,1-4H3,(H,27,29). The highest BCUT2D eigenvalue weighted by Crippen LogP contribution is 2.27. The van der Waals surface area contributed by atoms with Crippen LogP contribution in [0.5, 0.6) is 5.75 Å². The highest BCUT2D eigenvalue weighted by Gasteiger charge is 2.21. The Bertz CT molecular complexity index is 1290. The van der Waals surface area contributed by atoms with E-state index < -0.39 is 15.9 Å². The van der Waals surface area contributed by atoms with Gasteiger partial charge in [-0.1, -0.05) is 41.4 Å². The largest absolute Gasteiger partial charge is 0.491 e. The molecule has 0 aliphatic carbocycles. The van der Waals surface area contributed by atoms with Crippen molar-refractivity contribution in [3.05, 3.63) is 87.4 Å². The van der Waals surface area contributed by atoms with Gasteiger partial charge in [-0.25, -0.2) is 8.42 Å². The molecule has 0 spiro atoms. The number of benzene rings is 3. The van der Waals surface area contributed by atoms with E-state index in [1.54, 1.807) is 6.07 Å². The molecule has 3 aromatic carbocycles. The molecule has 2 N–H and O–H groups in total. The molecule has 0 unspecified atom stereocenters. The van der Waals surface area contributed by atoms with Crippen molar-refractivity contribution in [2.45, 2.75) is 32.6 Å². The SMILES string of the molecule is Cc1ccc(NS(=O)(=O)c2cc(C(=O)NCCOc3cc(C)ccc3C)ccc2Cl)c(C)c1. The minimum Gasteiger partial charge on any atom is -0.491 e. The Hall–Kier alpha value is -3.03. The van der Waals surface area contributed by atoms with Crippen LogP contribution in [0.2, 0.25) is 5.02 Å². The number of hydrogen-bond donors (Lipinski definition) is 2. The highest BCUT2D eigenvalue weighted by atomic mass is 35.5. The molecule has 0 aromatic heterocycles. The van der Waals surface area contributed by atoms with Crippen molar-refractivity contribution in [2.24, 2.45) is 0 Å². The van der Waals surface area contributed by atoms with Crippen LogP contribution >= 0.6 is 11.6 Å². The van der Waals surface area contributed by atoms with E-state index in [2.05, 4.69) is 10.0 Å². The first kappa shape index (κ1) is 24.6. The second-order valence-corrected chi connectivity index (χ2v) is 10.0. The Morgan fingerprint density at radius 2 is 1.61 bits per heavy atom. The molecule has 0 saturated heterocycles. The van der Waals surface area contributed by atoms with Crippen molar-refractivity contribution >= 4 is 33.2 Å². The minimum absolute atomic E-state index is 0.0297.